The molecule has 45 heavy (non-hydrogen) atoms. The third kappa shape index (κ3) is 6.84. The number of nitrogens with zero attached hydrogens (tertiary/aromatic N) is 2. The molecule has 0 radical (unpaired) electrons. The number of unbranched alkanes of at least 4 members (excludes halogenated alkanes) is 1. The van der Waals surface area contributed by atoms with Crippen LogP contribution in [0.4, 0.5) is 20.2 Å². The molecule has 0 saturated heterocycles. The maximum Gasteiger partial charge on any atom is 0.240 e. The number of ether oxygens (including phenoxy) is 2. The minimum atomic E-state index is -1.27. The summed E-state index contributed by atoms with van der Waals surface area (Å²) in [7, 11) is 1.70. The molecular formula is C34H30F2N4O4S. The number of amides is 2. The maximum absolute atomic E-state index is 15.2. The number of fused-ring (bicyclic) bond motifs is 1. The summed E-state index contributed by atoms with van der Waals surface area (Å²) in [6.45, 7) is 0.747. The van der Waals surface area contributed by atoms with Crippen molar-refractivity contribution >= 4 is 44.7 Å². The molecule has 230 valence electrons. The molecule has 0 bridgehead atoms. The Morgan fingerprint density at radius 3 is 2.33 bits per heavy atom. The maximum atomic E-state index is 15.2. The topological polar surface area (TPSA) is 102 Å². The van der Waals surface area contributed by atoms with Crippen LogP contribution in [-0.2, 0) is 20.7 Å². The van der Waals surface area contributed by atoms with E-state index in [-0.39, 0.29) is 11.4 Å². The van der Waals surface area contributed by atoms with Gasteiger partial charge in [0.15, 0.2) is 11.6 Å². The molecule has 3 aromatic heterocycles. The molecule has 0 unspecified atom stereocenters. The molecule has 1 fully saturated rings. The van der Waals surface area contributed by atoms with Crippen LogP contribution in [0.25, 0.3) is 20.8 Å². The van der Waals surface area contributed by atoms with E-state index in [1.54, 1.807) is 19.4 Å². The number of thiophene rings is 1. The molecule has 6 rings (SSSR count). The fraction of sp³-hybridized carbons (Fsp3) is 0.235. The zero-order valence-corrected chi connectivity index (χ0v) is 25.3. The van der Waals surface area contributed by atoms with E-state index >= 15 is 4.39 Å². The summed E-state index contributed by atoms with van der Waals surface area (Å²) in [5.41, 5.74) is 1.99. The molecule has 0 atom stereocenters. The zero-order chi connectivity index (χ0) is 31.4. The summed E-state index contributed by atoms with van der Waals surface area (Å²) >= 11 is 1.46. The summed E-state index contributed by atoms with van der Waals surface area (Å²) < 4.78 is 40.2. The van der Waals surface area contributed by atoms with Crippen molar-refractivity contribution in [2.24, 2.45) is 5.41 Å². The first-order valence-electron chi connectivity index (χ1n) is 14.5. The van der Waals surface area contributed by atoms with Crippen LogP contribution < -0.4 is 15.4 Å². The molecule has 2 aromatic carbocycles. The Hall–Kier alpha value is -4.74. The van der Waals surface area contributed by atoms with Gasteiger partial charge in [-0.05, 0) is 86.2 Å². The first-order valence-corrected chi connectivity index (χ1v) is 15.3. The van der Waals surface area contributed by atoms with Gasteiger partial charge in [0.25, 0.3) is 0 Å². The minimum absolute atomic E-state index is 0.0263. The lowest BCUT2D eigenvalue weighted by atomic mass is 10.0. The highest BCUT2D eigenvalue weighted by atomic mass is 32.1. The van der Waals surface area contributed by atoms with Crippen molar-refractivity contribution < 1.29 is 27.8 Å². The second-order valence-electron chi connectivity index (χ2n) is 10.9. The van der Waals surface area contributed by atoms with Crippen molar-refractivity contribution in [2.75, 3.05) is 24.4 Å². The second-order valence-corrected chi connectivity index (χ2v) is 11.9. The number of hydrogen-bond donors (Lipinski definition) is 2. The quantitative estimate of drug-likeness (QED) is 0.108. The predicted octanol–water partition coefficient (Wildman–Crippen LogP) is 7.76. The number of rotatable bonds is 12. The van der Waals surface area contributed by atoms with Crippen molar-refractivity contribution in [3.05, 3.63) is 96.3 Å². The number of pyridine rings is 2. The van der Waals surface area contributed by atoms with E-state index in [1.807, 2.05) is 18.3 Å². The van der Waals surface area contributed by atoms with Crippen LogP contribution in [0.5, 0.6) is 11.5 Å². The Morgan fingerprint density at radius 1 is 0.889 bits per heavy atom. The zero-order valence-electron chi connectivity index (χ0n) is 24.4. The number of aryl methyl sites for hydroxylation is 1. The van der Waals surface area contributed by atoms with E-state index in [1.165, 1.54) is 47.7 Å². The largest absolute Gasteiger partial charge is 0.453 e. The molecule has 0 aliphatic heterocycles. The molecule has 8 nitrogen and oxygen atoms in total. The SMILES string of the molecule is COCCCCc1ccc(-c2cc3nccc(Oc4ccc(NC(=O)C5(C(=O)Nc6ccc(F)cc6)CC5)cc4F)c3s2)nc1. The van der Waals surface area contributed by atoms with Gasteiger partial charge in [0, 0.05) is 49.6 Å². The number of carbonyl (C=O) groups excluding carboxylic acids is 2. The minimum Gasteiger partial charge on any atom is -0.453 e. The lowest BCUT2D eigenvalue weighted by molar-refractivity contribution is -0.131. The average molecular weight is 629 g/mol. The number of nitrogens with one attached hydrogen (secondary N) is 2. The van der Waals surface area contributed by atoms with Gasteiger partial charge in [0.1, 0.15) is 17.0 Å². The van der Waals surface area contributed by atoms with Crippen LogP contribution in [0, 0.1) is 17.0 Å². The van der Waals surface area contributed by atoms with E-state index in [0.717, 1.165) is 52.8 Å². The fourth-order valence-corrected chi connectivity index (χ4v) is 5.95. The number of anilines is 2. The number of halogens is 2. The Kier molecular flexibility index (Phi) is 8.81. The third-order valence-electron chi connectivity index (χ3n) is 7.65. The highest BCUT2D eigenvalue weighted by Crippen LogP contribution is 2.48. The first kappa shape index (κ1) is 30.3. The highest BCUT2D eigenvalue weighted by Gasteiger charge is 2.56. The van der Waals surface area contributed by atoms with E-state index in [0.29, 0.717) is 29.8 Å². The summed E-state index contributed by atoms with van der Waals surface area (Å²) in [5.74, 6) is -1.73. The average Bonchev–Trinajstić information content (AvgIpc) is 3.75. The van der Waals surface area contributed by atoms with Gasteiger partial charge in [-0.25, -0.2) is 8.78 Å². The molecule has 1 saturated carbocycles. The Bertz CT molecular complexity index is 1840. The monoisotopic (exact) mass is 628 g/mol. The molecule has 2 amide bonds. The second kappa shape index (κ2) is 13.1. The highest BCUT2D eigenvalue weighted by molar-refractivity contribution is 7.22. The third-order valence-corrected chi connectivity index (χ3v) is 8.81. The van der Waals surface area contributed by atoms with E-state index in [4.69, 9.17) is 9.47 Å². The van der Waals surface area contributed by atoms with Gasteiger partial charge < -0.3 is 20.1 Å². The molecule has 2 N–H and O–H groups in total. The van der Waals surface area contributed by atoms with Crippen molar-refractivity contribution in [1.82, 2.24) is 9.97 Å². The lowest BCUT2D eigenvalue weighted by Crippen LogP contribution is -2.35. The molecule has 3 heterocycles. The van der Waals surface area contributed by atoms with Gasteiger partial charge in [-0.15, -0.1) is 11.3 Å². The summed E-state index contributed by atoms with van der Waals surface area (Å²) in [5, 5.41) is 5.30. The Balaban J connectivity index is 1.12. The molecule has 0 spiro atoms. The number of benzene rings is 2. The molecule has 5 aromatic rings. The van der Waals surface area contributed by atoms with Gasteiger partial charge in [-0.3, -0.25) is 19.6 Å². The number of hydrogen-bond acceptors (Lipinski definition) is 7. The normalized spacial score (nSPS) is 13.4. The van der Waals surface area contributed by atoms with Gasteiger partial charge in [0.05, 0.1) is 20.8 Å². The van der Waals surface area contributed by atoms with Gasteiger partial charge >= 0.3 is 0 Å². The number of methoxy groups -OCH3 is 1. The van der Waals surface area contributed by atoms with Crippen LogP contribution in [0.15, 0.2) is 79.1 Å². The molecular weight excluding hydrogens is 598 g/mol. The first-order chi connectivity index (χ1) is 21.8. The van der Waals surface area contributed by atoms with Crippen molar-refractivity contribution in [3.63, 3.8) is 0 Å². The van der Waals surface area contributed by atoms with Gasteiger partial charge in [-0.1, -0.05) is 6.07 Å². The Morgan fingerprint density at radius 2 is 1.64 bits per heavy atom. The smallest absolute Gasteiger partial charge is 0.240 e. The fourth-order valence-electron chi connectivity index (χ4n) is 4.91. The van der Waals surface area contributed by atoms with Crippen LogP contribution in [-0.4, -0.2) is 35.5 Å². The standard InChI is InChI=1S/C34H30F2N4O4S/c1-43-17-3-2-4-21-5-11-26(38-20-21)30-19-27-31(45-30)29(13-16-37-27)44-28-12-10-24(18-25(28)36)40-33(42)34(14-15-34)32(41)39-23-8-6-22(35)7-9-23/h5-13,16,18-20H,2-4,14-15,17H2,1H3,(H,39,41)(H,40,42). The number of carbonyl (C=O) groups is 2. The van der Waals surface area contributed by atoms with Crippen molar-refractivity contribution in [1.29, 1.82) is 0 Å². The Labute approximate surface area is 262 Å². The van der Waals surface area contributed by atoms with Gasteiger partial charge in [-0.2, -0.15) is 0 Å². The summed E-state index contributed by atoms with van der Waals surface area (Å²) in [6, 6.07) is 17.0. The van der Waals surface area contributed by atoms with Crippen LogP contribution in [0.3, 0.4) is 0 Å². The van der Waals surface area contributed by atoms with Crippen molar-refractivity contribution in [3.8, 4) is 22.1 Å². The van der Waals surface area contributed by atoms with E-state index in [2.05, 4.69) is 26.7 Å². The molecule has 1 aliphatic rings. The summed E-state index contributed by atoms with van der Waals surface area (Å²) in [6.07, 6.45) is 7.16. The van der Waals surface area contributed by atoms with Crippen LogP contribution in [0.1, 0.15) is 31.2 Å². The van der Waals surface area contributed by atoms with Gasteiger partial charge in [0.2, 0.25) is 11.8 Å². The lowest BCUT2D eigenvalue weighted by Gasteiger charge is -2.16. The number of aromatic nitrogens is 2. The van der Waals surface area contributed by atoms with Crippen LogP contribution >= 0.6 is 11.3 Å². The molecule has 1 aliphatic carbocycles. The summed E-state index contributed by atoms with van der Waals surface area (Å²) in [4.78, 5) is 35.9. The van der Waals surface area contributed by atoms with Crippen molar-refractivity contribution in [2.45, 2.75) is 32.1 Å². The van der Waals surface area contributed by atoms with E-state index in [9.17, 15) is 14.0 Å². The molecule has 11 heteroatoms. The predicted molar refractivity (Wildman–Crippen MR) is 169 cm³/mol. The van der Waals surface area contributed by atoms with E-state index < -0.39 is 28.9 Å². The van der Waals surface area contributed by atoms with Crippen LogP contribution in [0.2, 0.25) is 0 Å².